The van der Waals surface area contributed by atoms with Crippen LogP contribution < -0.4 is 0 Å². The van der Waals surface area contributed by atoms with Crippen LogP contribution in [0.5, 0.6) is 0 Å². The number of H-pyrrole nitrogens is 1. The molecule has 25 heavy (non-hydrogen) atoms. The van der Waals surface area contributed by atoms with Crippen molar-refractivity contribution in [1.82, 2.24) is 9.97 Å². The Labute approximate surface area is 151 Å². The molecule has 4 saturated carbocycles. The summed E-state index contributed by atoms with van der Waals surface area (Å²) in [6, 6.07) is 6.62. The van der Waals surface area contributed by atoms with E-state index in [4.69, 9.17) is 4.98 Å². The highest BCUT2D eigenvalue weighted by molar-refractivity contribution is 5.61. The lowest BCUT2D eigenvalue weighted by Gasteiger charge is -2.57. The van der Waals surface area contributed by atoms with Gasteiger partial charge >= 0.3 is 0 Å². The first kappa shape index (κ1) is 15.7. The zero-order chi connectivity index (χ0) is 17.0. The molecule has 2 nitrogen and oxygen atoms in total. The van der Waals surface area contributed by atoms with Crippen molar-refractivity contribution >= 4 is 0 Å². The molecule has 2 aromatic rings. The van der Waals surface area contributed by atoms with E-state index in [1.807, 2.05) is 0 Å². The monoisotopic (exact) mass is 334 g/mol. The van der Waals surface area contributed by atoms with E-state index in [2.05, 4.69) is 43.2 Å². The first-order chi connectivity index (χ1) is 12.1. The Balaban J connectivity index is 1.31. The molecule has 1 aromatic carbocycles. The molecule has 0 saturated heterocycles. The molecule has 2 heteroatoms. The van der Waals surface area contributed by atoms with Gasteiger partial charge in [0.1, 0.15) is 5.82 Å². The molecular weight excluding hydrogens is 304 g/mol. The minimum absolute atomic E-state index is 0.666. The third-order valence-electron chi connectivity index (χ3n) is 7.37. The van der Waals surface area contributed by atoms with Crippen molar-refractivity contribution in [1.29, 1.82) is 0 Å². The van der Waals surface area contributed by atoms with Crippen molar-refractivity contribution in [3.05, 3.63) is 41.2 Å². The summed E-state index contributed by atoms with van der Waals surface area (Å²) in [5, 5.41) is 0. The molecule has 0 aliphatic heterocycles. The molecule has 6 rings (SSSR count). The molecule has 0 unspecified atom stereocenters. The Bertz CT molecular complexity index is 750. The lowest BCUT2D eigenvalue weighted by molar-refractivity contribution is -0.0570. The second-order valence-corrected chi connectivity index (χ2v) is 9.49. The molecular formula is C23H30N2. The average Bonchev–Trinajstić information content (AvgIpc) is 3.03. The van der Waals surface area contributed by atoms with Crippen LogP contribution >= 0.6 is 0 Å². The fourth-order valence-corrected chi connectivity index (χ4v) is 6.61. The summed E-state index contributed by atoms with van der Waals surface area (Å²) in [6.45, 7) is 4.33. The molecule has 4 bridgehead atoms. The predicted octanol–water partition coefficient (Wildman–Crippen LogP) is 5.84. The third kappa shape index (κ3) is 2.84. The molecule has 4 fully saturated rings. The van der Waals surface area contributed by atoms with Gasteiger partial charge in [0.15, 0.2) is 0 Å². The number of aromatic amines is 1. The van der Waals surface area contributed by atoms with Crippen LogP contribution in [0.3, 0.4) is 0 Å². The Kier molecular flexibility index (Phi) is 3.59. The van der Waals surface area contributed by atoms with Gasteiger partial charge in [-0.25, -0.2) is 4.98 Å². The lowest BCUT2D eigenvalue weighted by Crippen LogP contribution is -2.46. The maximum atomic E-state index is 4.70. The molecule has 0 amide bonds. The van der Waals surface area contributed by atoms with Crippen LogP contribution in [0.15, 0.2) is 24.4 Å². The van der Waals surface area contributed by atoms with Crippen LogP contribution in [0, 0.1) is 37.0 Å². The fourth-order valence-electron chi connectivity index (χ4n) is 6.61. The zero-order valence-electron chi connectivity index (χ0n) is 15.6. The third-order valence-corrected chi connectivity index (χ3v) is 7.37. The molecule has 0 spiro atoms. The van der Waals surface area contributed by atoms with Gasteiger partial charge in [0.25, 0.3) is 0 Å². The van der Waals surface area contributed by atoms with Crippen molar-refractivity contribution in [3.63, 3.8) is 0 Å². The zero-order valence-corrected chi connectivity index (χ0v) is 15.6. The number of nitrogens with one attached hydrogen (secondary N) is 1. The van der Waals surface area contributed by atoms with Gasteiger partial charge in [-0.05, 0) is 100 Å². The number of hydrogen-bond donors (Lipinski definition) is 1. The highest BCUT2D eigenvalue weighted by atomic mass is 14.9. The first-order valence-electron chi connectivity index (χ1n) is 10.2. The maximum absolute atomic E-state index is 4.70. The summed E-state index contributed by atoms with van der Waals surface area (Å²) < 4.78 is 0. The van der Waals surface area contributed by atoms with Crippen LogP contribution in [0.1, 0.15) is 61.8 Å². The van der Waals surface area contributed by atoms with E-state index in [9.17, 15) is 0 Å². The molecule has 4 aliphatic carbocycles. The summed E-state index contributed by atoms with van der Waals surface area (Å²) in [5.41, 5.74) is 5.84. The molecule has 132 valence electrons. The number of benzene rings is 1. The largest absolute Gasteiger partial charge is 0.342 e. The van der Waals surface area contributed by atoms with E-state index in [0.717, 1.165) is 23.6 Å². The quantitative estimate of drug-likeness (QED) is 0.747. The van der Waals surface area contributed by atoms with Gasteiger partial charge in [-0.3, -0.25) is 0 Å². The van der Waals surface area contributed by atoms with E-state index < -0.39 is 0 Å². The van der Waals surface area contributed by atoms with Gasteiger partial charge in [0.2, 0.25) is 0 Å². The van der Waals surface area contributed by atoms with Crippen molar-refractivity contribution in [2.24, 2.45) is 23.2 Å². The number of imidazole rings is 1. The standard InChI is InChI=1S/C23H30N2/c1-15-3-4-16(2)21(7-15)22-24-14-20(25-22)5-6-23-11-17-8-18(12-23)10-19(9-17)13-23/h3-4,7,14,17-19H,5-6,8-13H2,1-2H3,(H,24,25). The van der Waals surface area contributed by atoms with Gasteiger partial charge in [-0.2, -0.15) is 0 Å². The van der Waals surface area contributed by atoms with Gasteiger partial charge in [-0.15, -0.1) is 0 Å². The van der Waals surface area contributed by atoms with E-state index in [1.165, 1.54) is 54.5 Å². The van der Waals surface area contributed by atoms with Crippen LogP contribution in [-0.4, -0.2) is 9.97 Å². The second kappa shape index (κ2) is 5.72. The van der Waals surface area contributed by atoms with Gasteiger partial charge in [0.05, 0.1) is 0 Å². The smallest absolute Gasteiger partial charge is 0.137 e. The minimum atomic E-state index is 0.666. The lowest BCUT2D eigenvalue weighted by atomic mass is 9.48. The van der Waals surface area contributed by atoms with E-state index in [0.29, 0.717) is 5.41 Å². The molecule has 4 aliphatic rings. The second-order valence-electron chi connectivity index (χ2n) is 9.49. The topological polar surface area (TPSA) is 28.7 Å². The van der Waals surface area contributed by atoms with Crippen LogP contribution in [0.2, 0.25) is 0 Å². The van der Waals surface area contributed by atoms with E-state index >= 15 is 0 Å². The first-order valence-corrected chi connectivity index (χ1v) is 10.2. The summed E-state index contributed by atoms with van der Waals surface area (Å²) in [5.74, 6) is 4.21. The number of hydrogen-bond acceptors (Lipinski definition) is 1. The Morgan fingerprint density at radius 1 is 1.04 bits per heavy atom. The molecule has 1 heterocycles. The summed E-state index contributed by atoms with van der Waals surface area (Å²) >= 11 is 0. The summed E-state index contributed by atoms with van der Waals surface area (Å²) in [6.07, 6.45) is 13.8. The van der Waals surface area contributed by atoms with Gasteiger partial charge in [0, 0.05) is 17.5 Å². The molecule has 0 atom stereocenters. The highest BCUT2D eigenvalue weighted by Gasteiger charge is 2.50. The van der Waals surface area contributed by atoms with E-state index in [-0.39, 0.29) is 0 Å². The normalized spacial score (nSPS) is 33.1. The maximum Gasteiger partial charge on any atom is 0.137 e. The molecule has 1 N–H and O–H groups in total. The number of aromatic nitrogens is 2. The fraction of sp³-hybridized carbons (Fsp3) is 0.609. The Morgan fingerprint density at radius 2 is 1.72 bits per heavy atom. The SMILES string of the molecule is Cc1ccc(C)c(-c2ncc(CCC34CC5CC(CC(C5)C3)C4)[nH]2)c1. The van der Waals surface area contributed by atoms with Crippen molar-refractivity contribution in [2.45, 2.75) is 65.2 Å². The molecule has 1 aromatic heterocycles. The predicted molar refractivity (Wildman–Crippen MR) is 102 cm³/mol. The summed E-state index contributed by atoms with van der Waals surface area (Å²) in [7, 11) is 0. The number of rotatable bonds is 4. The van der Waals surface area contributed by atoms with Crippen LogP contribution in [-0.2, 0) is 6.42 Å². The van der Waals surface area contributed by atoms with Crippen molar-refractivity contribution in [3.8, 4) is 11.4 Å². The van der Waals surface area contributed by atoms with Gasteiger partial charge in [-0.1, -0.05) is 17.7 Å². The Hall–Kier alpha value is -1.57. The number of nitrogens with zero attached hydrogens (tertiary/aromatic N) is 1. The van der Waals surface area contributed by atoms with E-state index in [1.54, 1.807) is 19.3 Å². The van der Waals surface area contributed by atoms with Crippen LogP contribution in [0.25, 0.3) is 11.4 Å². The van der Waals surface area contributed by atoms with Crippen molar-refractivity contribution in [2.75, 3.05) is 0 Å². The summed E-state index contributed by atoms with van der Waals surface area (Å²) in [4.78, 5) is 8.32. The minimum Gasteiger partial charge on any atom is -0.342 e. The Morgan fingerprint density at radius 3 is 2.40 bits per heavy atom. The van der Waals surface area contributed by atoms with Gasteiger partial charge < -0.3 is 4.98 Å². The number of aryl methyl sites for hydroxylation is 3. The van der Waals surface area contributed by atoms with Crippen LogP contribution in [0.4, 0.5) is 0 Å². The van der Waals surface area contributed by atoms with Crippen molar-refractivity contribution < 1.29 is 0 Å². The average molecular weight is 335 g/mol. The molecule has 0 radical (unpaired) electrons. The highest BCUT2D eigenvalue weighted by Crippen LogP contribution is 2.61.